The maximum atomic E-state index is 12.9. The van der Waals surface area contributed by atoms with E-state index in [-0.39, 0.29) is 17.9 Å². The first-order valence-corrected chi connectivity index (χ1v) is 8.25. The van der Waals surface area contributed by atoms with Crippen molar-refractivity contribution in [3.05, 3.63) is 76.0 Å². The van der Waals surface area contributed by atoms with Gasteiger partial charge >= 0.3 is 0 Å². The smallest absolute Gasteiger partial charge is 0.277 e. The van der Waals surface area contributed by atoms with Crippen LogP contribution in [0.4, 0.5) is 0 Å². The normalized spacial score (nSPS) is 10.8. The van der Waals surface area contributed by atoms with Crippen LogP contribution in [0.3, 0.4) is 0 Å². The zero-order chi connectivity index (χ0) is 18.0. The molecule has 3 rings (SSSR count). The first kappa shape index (κ1) is 16.9. The van der Waals surface area contributed by atoms with E-state index in [4.69, 9.17) is 0 Å². The van der Waals surface area contributed by atoms with Crippen LogP contribution in [-0.2, 0) is 13.1 Å². The number of imidazole rings is 1. The molecular formula is C20H21N3O2. The number of hydrogen-bond donors (Lipinski definition) is 0. The number of carbonyl (C=O) groups is 1. The Morgan fingerprint density at radius 2 is 1.88 bits per heavy atom. The van der Waals surface area contributed by atoms with Crippen molar-refractivity contribution in [3.8, 4) is 0 Å². The van der Waals surface area contributed by atoms with Crippen molar-refractivity contribution >= 4 is 16.8 Å². The van der Waals surface area contributed by atoms with Crippen LogP contribution < -0.4 is 5.56 Å². The average molecular weight is 335 g/mol. The van der Waals surface area contributed by atoms with Crippen LogP contribution in [0.5, 0.6) is 0 Å². The molecule has 5 nitrogen and oxygen atoms in total. The second-order valence-electron chi connectivity index (χ2n) is 6.32. The van der Waals surface area contributed by atoms with Gasteiger partial charge in [0.25, 0.3) is 5.56 Å². The minimum Gasteiger partial charge on any atom is -0.320 e. The van der Waals surface area contributed by atoms with Crippen molar-refractivity contribution in [1.29, 1.82) is 0 Å². The predicted octanol–water partition coefficient (Wildman–Crippen LogP) is 3.36. The highest BCUT2D eigenvalue weighted by molar-refractivity contribution is 5.96. The summed E-state index contributed by atoms with van der Waals surface area (Å²) in [5, 5.41) is 0. The third kappa shape index (κ3) is 3.45. The summed E-state index contributed by atoms with van der Waals surface area (Å²) in [5.74, 6) is 0.700. The van der Waals surface area contributed by atoms with E-state index in [1.807, 2.05) is 43.5 Å². The Labute approximate surface area is 146 Å². The van der Waals surface area contributed by atoms with Crippen molar-refractivity contribution in [3.63, 3.8) is 0 Å². The fraction of sp³-hybridized carbons (Fsp3) is 0.250. The van der Waals surface area contributed by atoms with Gasteiger partial charge in [-0.3, -0.25) is 9.59 Å². The van der Waals surface area contributed by atoms with Crippen molar-refractivity contribution in [2.24, 2.45) is 0 Å². The van der Waals surface area contributed by atoms with Crippen LogP contribution in [0, 0.1) is 6.92 Å². The summed E-state index contributed by atoms with van der Waals surface area (Å²) in [4.78, 5) is 29.8. The van der Waals surface area contributed by atoms with Crippen LogP contribution >= 0.6 is 0 Å². The van der Waals surface area contributed by atoms with E-state index in [0.717, 1.165) is 5.82 Å². The summed E-state index contributed by atoms with van der Waals surface area (Å²) in [5.41, 5.74) is 2.79. The van der Waals surface area contributed by atoms with Gasteiger partial charge in [-0.2, -0.15) is 0 Å². The molecular weight excluding hydrogens is 314 g/mol. The Morgan fingerprint density at radius 3 is 2.56 bits per heavy atom. The number of nitrogens with zero attached hydrogens (tertiary/aromatic N) is 3. The molecule has 0 N–H and O–H groups in total. The van der Waals surface area contributed by atoms with E-state index >= 15 is 0 Å². The van der Waals surface area contributed by atoms with E-state index < -0.39 is 0 Å². The Balaban J connectivity index is 2.02. The van der Waals surface area contributed by atoms with Gasteiger partial charge in [0.2, 0.25) is 0 Å². The Kier molecular flexibility index (Phi) is 4.65. The fourth-order valence-electron chi connectivity index (χ4n) is 2.79. The Hall–Kier alpha value is -2.95. The molecule has 0 fully saturated rings. The van der Waals surface area contributed by atoms with Crippen LogP contribution in [0.15, 0.2) is 59.0 Å². The molecule has 2 aromatic heterocycles. The summed E-state index contributed by atoms with van der Waals surface area (Å²) in [6.45, 7) is 6.54. The molecule has 0 aliphatic carbocycles. The highest BCUT2D eigenvalue weighted by atomic mass is 16.1. The molecule has 3 aromatic rings. The van der Waals surface area contributed by atoms with E-state index in [2.05, 4.69) is 11.1 Å². The third-order valence-electron chi connectivity index (χ3n) is 4.15. The number of Topliss-reactive ketones (excluding diaryl/α,β-unsaturated/α-hetero) is 1. The third-order valence-corrected chi connectivity index (χ3v) is 4.15. The number of aromatic nitrogens is 3. The molecule has 0 unspecified atom stereocenters. The quantitative estimate of drug-likeness (QED) is 0.531. The molecule has 0 aliphatic heterocycles. The molecule has 0 saturated carbocycles. The zero-order valence-corrected chi connectivity index (χ0v) is 14.7. The van der Waals surface area contributed by atoms with Gasteiger partial charge in [-0.25, -0.2) is 4.98 Å². The lowest BCUT2D eigenvalue weighted by Gasteiger charge is -2.07. The first-order valence-electron chi connectivity index (χ1n) is 8.25. The molecule has 1 aromatic carbocycles. The predicted molar refractivity (Wildman–Crippen MR) is 98.9 cm³/mol. The molecule has 0 atom stereocenters. The number of allylic oxidation sites excluding steroid dienone is 2. The lowest BCUT2D eigenvalue weighted by molar-refractivity contribution is 0.0971. The van der Waals surface area contributed by atoms with Gasteiger partial charge in [-0.1, -0.05) is 42.0 Å². The molecule has 2 heterocycles. The summed E-state index contributed by atoms with van der Waals surface area (Å²) >= 11 is 0. The maximum absolute atomic E-state index is 12.9. The van der Waals surface area contributed by atoms with Crippen molar-refractivity contribution in [2.75, 3.05) is 0 Å². The van der Waals surface area contributed by atoms with Crippen molar-refractivity contribution in [2.45, 2.75) is 33.9 Å². The lowest BCUT2D eigenvalue weighted by Crippen LogP contribution is -2.25. The maximum Gasteiger partial charge on any atom is 0.277 e. The molecule has 5 heteroatoms. The molecule has 0 radical (unpaired) electrons. The molecule has 0 aliphatic rings. The summed E-state index contributed by atoms with van der Waals surface area (Å²) in [6, 6.07) is 10.8. The lowest BCUT2D eigenvalue weighted by atomic mass is 10.1. The van der Waals surface area contributed by atoms with E-state index in [1.165, 1.54) is 10.1 Å². The molecule has 0 amide bonds. The number of benzene rings is 1. The highest BCUT2D eigenvalue weighted by Gasteiger charge is 2.14. The molecule has 25 heavy (non-hydrogen) atoms. The average Bonchev–Trinajstić information content (AvgIpc) is 2.92. The van der Waals surface area contributed by atoms with Gasteiger partial charge in [-0.05, 0) is 26.8 Å². The number of fused-ring (bicyclic) bond motifs is 1. The Bertz CT molecular complexity index is 1010. The standard InChI is InChI=1S/C20H21N3O2/c1-14(2)9-12-23-15(3)21-17-10-11-22(20(25)19(17)23)13-18(24)16-7-5-4-6-8-16/h4-11H,12-13H2,1-3H3. The zero-order valence-electron chi connectivity index (χ0n) is 14.7. The topological polar surface area (TPSA) is 56.9 Å². The monoisotopic (exact) mass is 335 g/mol. The number of rotatable bonds is 5. The minimum atomic E-state index is -0.190. The second-order valence-corrected chi connectivity index (χ2v) is 6.32. The number of hydrogen-bond acceptors (Lipinski definition) is 3. The van der Waals surface area contributed by atoms with Gasteiger partial charge < -0.3 is 9.13 Å². The summed E-state index contributed by atoms with van der Waals surface area (Å²) in [6.07, 6.45) is 3.70. The summed E-state index contributed by atoms with van der Waals surface area (Å²) < 4.78 is 3.35. The summed E-state index contributed by atoms with van der Waals surface area (Å²) in [7, 11) is 0. The minimum absolute atomic E-state index is 0.0195. The Morgan fingerprint density at radius 1 is 1.16 bits per heavy atom. The van der Waals surface area contributed by atoms with E-state index in [1.54, 1.807) is 24.4 Å². The van der Waals surface area contributed by atoms with Gasteiger partial charge in [0.15, 0.2) is 5.78 Å². The SMILES string of the molecule is CC(C)=CCn1c(C)nc2ccn(CC(=O)c3ccccc3)c(=O)c21. The number of pyridine rings is 1. The van der Waals surface area contributed by atoms with Crippen molar-refractivity contribution < 1.29 is 4.79 Å². The van der Waals surface area contributed by atoms with Crippen LogP contribution in [-0.4, -0.2) is 19.9 Å². The van der Waals surface area contributed by atoms with E-state index in [0.29, 0.717) is 23.1 Å². The van der Waals surface area contributed by atoms with E-state index in [9.17, 15) is 9.59 Å². The molecule has 0 saturated heterocycles. The largest absolute Gasteiger partial charge is 0.320 e. The van der Waals surface area contributed by atoms with Crippen molar-refractivity contribution in [1.82, 2.24) is 14.1 Å². The second kappa shape index (κ2) is 6.89. The van der Waals surface area contributed by atoms with Crippen LogP contribution in [0.25, 0.3) is 11.0 Å². The van der Waals surface area contributed by atoms with Gasteiger partial charge in [-0.15, -0.1) is 0 Å². The molecule has 128 valence electrons. The number of carbonyl (C=O) groups excluding carboxylic acids is 1. The van der Waals surface area contributed by atoms with Gasteiger partial charge in [0.1, 0.15) is 11.3 Å². The highest BCUT2D eigenvalue weighted by Crippen LogP contribution is 2.13. The van der Waals surface area contributed by atoms with Gasteiger partial charge in [0, 0.05) is 18.3 Å². The molecule has 0 spiro atoms. The van der Waals surface area contributed by atoms with Gasteiger partial charge in [0.05, 0.1) is 12.1 Å². The number of ketones is 1. The van der Waals surface area contributed by atoms with Crippen LogP contribution in [0.1, 0.15) is 30.0 Å². The number of aryl methyl sites for hydroxylation is 1. The fourth-order valence-corrected chi connectivity index (χ4v) is 2.79. The first-order chi connectivity index (χ1) is 12.0. The molecule has 0 bridgehead atoms. The van der Waals surface area contributed by atoms with Crippen LogP contribution in [0.2, 0.25) is 0 Å².